The molecule has 0 spiro atoms. The van der Waals surface area contributed by atoms with Crippen LogP contribution in [0.1, 0.15) is 39.3 Å². The topological polar surface area (TPSA) is 54.9 Å². The molecule has 1 aromatic carbocycles. The Labute approximate surface area is 149 Å². The van der Waals surface area contributed by atoms with Gasteiger partial charge in [0.15, 0.2) is 0 Å². The third-order valence-electron chi connectivity index (χ3n) is 3.26. The van der Waals surface area contributed by atoms with Crippen LogP contribution in [0.15, 0.2) is 30.7 Å². The highest BCUT2D eigenvalue weighted by atomic mass is 35.5. The van der Waals surface area contributed by atoms with Gasteiger partial charge < -0.3 is 0 Å². The number of nitrogens with one attached hydrogen (secondary N) is 1. The van der Waals surface area contributed by atoms with Crippen LogP contribution in [-0.2, 0) is 11.0 Å². The minimum absolute atomic E-state index is 0.198. The highest BCUT2D eigenvalue weighted by Crippen LogP contribution is 2.37. The Balaban J connectivity index is 2.32. The number of hydrogen-bond donors (Lipinski definition) is 1. The van der Waals surface area contributed by atoms with Crippen molar-refractivity contribution in [3.05, 3.63) is 46.3 Å². The Morgan fingerprint density at radius 1 is 1.17 bits per heavy atom. The first-order chi connectivity index (χ1) is 10.7. The van der Waals surface area contributed by atoms with E-state index in [1.165, 1.54) is 0 Å². The van der Waals surface area contributed by atoms with Crippen LogP contribution in [-0.4, -0.2) is 18.9 Å². The summed E-state index contributed by atoms with van der Waals surface area (Å²) >= 11 is 12.8. The molecule has 0 aliphatic carbocycles. The van der Waals surface area contributed by atoms with Crippen LogP contribution in [0.4, 0.5) is 0 Å². The number of rotatable bonds is 4. The first kappa shape index (κ1) is 18.3. The molecule has 2 atom stereocenters. The minimum Gasteiger partial charge on any atom is -0.261 e. The lowest BCUT2D eigenvalue weighted by Crippen LogP contribution is -2.34. The van der Waals surface area contributed by atoms with Crippen molar-refractivity contribution in [2.45, 2.75) is 38.5 Å². The molecule has 0 fully saturated rings. The highest BCUT2D eigenvalue weighted by Gasteiger charge is 2.23. The first-order valence-corrected chi connectivity index (χ1v) is 9.04. The number of aromatic nitrogens is 2. The van der Waals surface area contributed by atoms with Crippen LogP contribution >= 0.6 is 23.2 Å². The summed E-state index contributed by atoms with van der Waals surface area (Å²) in [5.74, 6) is 0. The minimum atomic E-state index is -1.20. The molecule has 7 heteroatoms. The molecule has 23 heavy (non-hydrogen) atoms. The monoisotopic (exact) mass is 371 g/mol. The van der Waals surface area contributed by atoms with Gasteiger partial charge in [-0.1, -0.05) is 35.3 Å². The predicted molar refractivity (Wildman–Crippen MR) is 96.9 cm³/mol. The van der Waals surface area contributed by atoms with Crippen LogP contribution < -0.4 is 4.72 Å². The van der Waals surface area contributed by atoms with E-state index in [0.29, 0.717) is 15.7 Å². The maximum atomic E-state index is 12.2. The molecule has 2 rings (SSSR count). The molecule has 1 aromatic heterocycles. The third kappa shape index (κ3) is 4.29. The molecule has 0 amide bonds. The first-order valence-electron chi connectivity index (χ1n) is 7.14. The van der Waals surface area contributed by atoms with E-state index >= 15 is 0 Å². The molecule has 0 aliphatic heterocycles. The van der Waals surface area contributed by atoms with E-state index < -0.39 is 11.0 Å². The molecule has 0 aliphatic rings. The number of hydrogen-bond acceptors (Lipinski definition) is 3. The Kier molecular flexibility index (Phi) is 5.79. The van der Waals surface area contributed by atoms with Gasteiger partial charge >= 0.3 is 0 Å². The average molecular weight is 372 g/mol. The summed E-state index contributed by atoms with van der Waals surface area (Å²) in [6, 6.07) is 3.53. The van der Waals surface area contributed by atoms with Crippen molar-refractivity contribution in [3.63, 3.8) is 0 Å². The molecule has 2 aromatic rings. The fourth-order valence-electron chi connectivity index (χ4n) is 1.94. The van der Waals surface area contributed by atoms with Gasteiger partial charge in [-0.25, -0.2) is 8.93 Å². The van der Waals surface area contributed by atoms with Crippen LogP contribution in [0.25, 0.3) is 11.3 Å². The van der Waals surface area contributed by atoms with Gasteiger partial charge in [-0.15, -0.1) is 0 Å². The number of halogens is 2. The molecule has 0 radical (unpaired) electrons. The van der Waals surface area contributed by atoms with E-state index in [4.69, 9.17) is 23.2 Å². The van der Waals surface area contributed by atoms with Gasteiger partial charge in [-0.05, 0) is 33.3 Å². The summed E-state index contributed by atoms with van der Waals surface area (Å²) in [5.41, 5.74) is 2.17. The standard InChI is InChI=1S/C16H19Cl2N3OS/c1-10(21-23(22)16(2,3)4)11-5-6-12(15(18)14(11)17)13-9-19-7-8-20-13/h5-10,21H,1-4H3. The van der Waals surface area contributed by atoms with Gasteiger partial charge in [0.2, 0.25) is 0 Å². The maximum Gasteiger partial charge on any atom is 0.0975 e. The molecule has 0 saturated heterocycles. The van der Waals surface area contributed by atoms with E-state index in [0.717, 1.165) is 11.1 Å². The van der Waals surface area contributed by atoms with Crippen molar-refractivity contribution in [2.24, 2.45) is 0 Å². The van der Waals surface area contributed by atoms with Crippen molar-refractivity contribution in [1.82, 2.24) is 14.7 Å². The molecule has 1 N–H and O–H groups in total. The summed E-state index contributed by atoms with van der Waals surface area (Å²) in [5, 5.41) is 0.848. The van der Waals surface area contributed by atoms with Crippen molar-refractivity contribution < 1.29 is 4.21 Å². The van der Waals surface area contributed by atoms with Crippen LogP contribution in [0.5, 0.6) is 0 Å². The summed E-state index contributed by atoms with van der Waals surface area (Å²) in [6.45, 7) is 7.64. The van der Waals surface area contributed by atoms with E-state index in [-0.39, 0.29) is 10.8 Å². The Bertz CT molecular complexity index is 717. The van der Waals surface area contributed by atoms with Crippen molar-refractivity contribution in [1.29, 1.82) is 0 Å². The molecular weight excluding hydrogens is 353 g/mol. The van der Waals surface area contributed by atoms with Gasteiger partial charge in [0.1, 0.15) is 0 Å². The second-order valence-electron chi connectivity index (χ2n) is 6.14. The summed E-state index contributed by atoms with van der Waals surface area (Å²) in [7, 11) is -1.20. The third-order valence-corrected chi connectivity index (χ3v) is 5.83. The van der Waals surface area contributed by atoms with E-state index in [1.807, 2.05) is 39.8 Å². The summed E-state index contributed by atoms with van der Waals surface area (Å²) in [4.78, 5) is 8.28. The van der Waals surface area contributed by atoms with Crippen molar-refractivity contribution in [3.8, 4) is 11.3 Å². The van der Waals surface area contributed by atoms with Crippen LogP contribution in [0.3, 0.4) is 0 Å². The molecule has 0 bridgehead atoms. The van der Waals surface area contributed by atoms with Gasteiger partial charge in [-0.3, -0.25) is 9.97 Å². The lowest BCUT2D eigenvalue weighted by molar-refractivity contribution is 0.616. The largest absolute Gasteiger partial charge is 0.261 e. The Morgan fingerprint density at radius 2 is 1.87 bits per heavy atom. The number of benzene rings is 1. The molecule has 1 heterocycles. The summed E-state index contributed by atoms with van der Waals surface area (Å²) in [6.07, 6.45) is 4.83. The van der Waals surface area contributed by atoms with Crippen LogP contribution in [0, 0.1) is 0 Å². The molecule has 2 unspecified atom stereocenters. The fraction of sp³-hybridized carbons (Fsp3) is 0.375. The SMILES string of the molecule is CC(NS(=O)C(C)(C)C)c1ccc(-c2cnccn2)c(Cl)c1Cl. The second-order valence-corrected chi connectivity index (χ2v) is 8.90. The normalized spacial score (nSPS) is 14.5. The van der Waals surface area contributed by atoms with Crippen LogP contribution in [0.2, 0.25) is 10.0 Å². The Morgan fingerprint density at radius 3 is 2.43 bits per heavy atom. The lowest BCUT2D eigenvalue weighted by atomic mass is 10.0. The van der Waals surface area contributed by atoms with Gasteiger partial charge in [0.05, 0.1) is 37.7 Å². The zero-order valence-electron chi connectivity index (χ0n) is 13.4. The molecule has 124 valence electrons. The fourth-order valence-corrected chi connectivity index (χ4v) is 3.33. The molecule has 4 nitrogen and oxygen atoms in total. The van der Waals surface area contributed by atoms with E-state index in [1.54, 1.807) is 18.6 Å². The Hall–Kier alpha value is -1.01. The van der Waals surface area contributed by atoms with Gasteiger partial charge in [0, 0.05) is 24.0 Å². The predicted octanol–water partition coefficient (Wildman–Crippen LogP) is 4.56. The lowest BCUT2D eigenvalue weighted by Gasteiger charge is -2.23. The number of nitrogens with zero attached hydrogens (tertiary/aromatic N) is 2. The van der Waals surface area contributed by atoms with Gasteiger partial charge in [-0.2, -0.15) is 0 Å². The molecule has 0 saturated carbocycles. The zero-order valence-corrected chi connectivity index (χ0v) is 15.8. The van der Waals surface area contributed by atoms with E-state index in [2.05, 4.69) is 14.7 Å². The van der Waals surface area contributed by atoms with Gasteiger partial charge in [0.25, 0.3) is 0 Å². The molecular formula is C16H19Cl2N3OS. The average Bonchev–Trinajstić information content (AvgIpc) is 2.49. The quantitative estimate of drug-likeness (QED) is 0.856. The van der Waals surface area contributed by atoms with Crippen molar-refractivity contribution in [2.75, 3.05) is 0 Å². The maximum absolute atomic E-state index is 12.2. The van der Waals surface area contributed by atoms with Crippen molar-refractivity contribution >= 4 is 34.2 Å². The smallest absolute Gasteiger partial charge is 0.0975 e. The van der Waals surface area contributed by atoms with E-state index in [9.17, 15) is 4.21 Å². The second kappa shape index (κ2) is 7.26. The summed E-state index contributed by atoms with van der Waals surface area (Å²) < 4.78 is 14.9. The zero-order chi connectivity index (χ0) is 17.2. The highest BCUT2D eigenvalue weighted by molar-refractivity contribution is 7.84.